The van der Waals surface area contributed by atoms with Crippen molar-refractivity contribution in [2.24, 2.45) is 0 Å². The van der Waals surface area contributed by atoms with Gasteiger partial charge in [-0.15, -0.1) is 51.9 Å². The van der Waals surface area contributed by atoms with E-state index in [2.05, 4.69) is 45.7 Å². The summed E-state index contributed by atoms with van der Waals surface area (Å²) in [6.07, 6.45) is 20.0. The van der Waals surface area contributed by atoms with Crippen LogP contribution in [0.4, 0.5) is 0 Å². The molecule has 9 heteroatoms. The van der Waals surface area contributed by atoms with Crippen molar-refractivity contribution in [3.63, 3.8) is 0 Å². The van der Waals surface area contributed by atoms with Crippen LogP contribution in [-0.2, 0) is 17.1 Å². The Balaban J connectivity index is -0.000000309. The second-order valence-electron chi connectivity index (χ2n) is 6.51. The van der Waals surface area contributed by atoms with Crippen LogP contribution in [0, 0.1) is 0 Å². The van der Waals surface area contributed by atoms with Gasteiger partial charge < -0.3 is 32.1 Å². The largest absolute Gasteiger partial charge is 0.753 e. The minimum Gasteiger partial charge on any atom is -0.753 e. The van der Waals surface area contributed by atoms with Gasteiger partial charge in [-0.05, 0) is 0 Å². The second kappa shape index (κ2) is 36.6. The molecule has 183 valence electrons. The monoisotopic (exact) mass is 511 g/mol. The van der Waals surface area contributed by atoms with E-state index in [1.807, 2.05) is 18.2 Å². The minimum absolute atomic E-state index is 0. The SMILES string of the molecule is C1=CC[N-]C=C1.C1CC[N-]CC1.C1CC[N-]CC1.C1CC[N-]CC1.[Cu].[N-]=C=S.[N-]=C=S. The molecule has 3 fully saturated rings. The maximum absolute atomic E-state index is 7.13. The fraction of sp³-hybridized carbons (Fsp3) is 0.727. The van der Waals surface area contributed by atoms with E-state index >= 15 is 0 Å². The summed E-state index contributed by atoms with van der Waals surface area (Å²) >= 11 is 7.40. The molecule has 0 aromatic rings. The molecule has 0 aromatic carbocycles. The van der Waals surface area contributed by atoms with Gasteiger partial charge >= 0.3 is 0 Å². The van der Waals surface area contributed by atoms with Gasteiger partial charge in [0.15, 0.2) is 0 Å². The number of isothiocyanates is 2. The molecule has 6 nitrogen and oxygen atoms in total. The summed E-state index contributed by atoms with van der Waals surface area (Å²) in [6.45, 7) is 7.61. The molecule has 4 rings (SSSR count). The Kier molecular flexibility index (Phi) is 41.2. The summed E-state index contributed by atoms with van der Waals surface area (Å²) in [6, 6.07) is 0. The summed E-state index contributed by atoms with van der Waals surface area (Å²) in [5.41, 5.74) is 0. The van der Waals surface area contributed by atoms with E-state index in [0.29, 0.717) is 0 Å². The van der Waals surface area contributed by atoms with Gasteiger partial charge in [0, 0.05) is 17.1 Å². The fourth-order valence-electron chi connectivity index (χ4n) is 2.58. The zero-order valence-electron chi connectivity index (χ0n) is 18.4. The van der Waals surface area contributed by atoms with Crippen LogP contribution in [-0.4, -0.2) is 56.1 Å². The van der Waals surface area contributed by atoms with Crippen LogP contribution in [0.15, 0.2) is 24.4 Å². The zero-order valence-corrected chi connectivity index (χ0v) is 21.0. The van der Waals surface area contributed by atoms with Crippen molar-refractivity contribution in [2.75, 3.05) is 45.8 Å². The van der Waals surface area contributed by atoms with Crippen molar-refractivity contribution in [1.82, 2.24) is 0 Å². The molecule has 4 aliphatic heterocycles. The van der Waals surface area contributed by atoms with Crippen molar-refractivity contribution in [2.45, 2.75) is 57.8 Å². The van der Waals surface area contributed by atoms with Crippen molar-refractivity contribution in [3.8, 4) is 0 Å². The van der Waals surface area contributed by atoms with Crippen LogP contribution in [0.3, 0.4) is 0 Å². The van der Waals surface area contributed by atoms with Gasteiger partial charge in [0.05, 0.1) is 0 Å². The molecule has 0 saturated carbocycles. The predicted molar refractivity (Wildman–Crippen MR) is 139 cm³/mol. The van der Waals surface area contributed by atoms with E-state index in [4.69, 9.17) is 10.8 Å². The van der Waals surface area contributed by atoms with Crippen molar-refractivity contribution in [3.05, 3.63) is 56.5 Å². The Hall–Kier alpha value is -0.721. The quantitative estimate of drug-likeness (QED) is 0.192. The average Bonchev–Trinajstić information content (AvgIpc) is 2.86. The van der Waals surface area contributed by atoms with Crippen LogP contribution >= 0.6 is 24.4 Å². The Labute approximate surface area is 211 Å². The summed E-state index contributed by atoms with van der Waals surface area (Å²) in [5, 5.41) is 33.4. The first-order chi connectivity index (χ1) is 14.8. The molecule has 31 heavy (non-hydrogen) atoms. The van der Waals surface area contributed by atoms with Crippen LogP contribution < -0.4 is 0 Å². The maximum atomic E-state index is 7.13. The molecule has 0 atom stereocenters. The Morgan fingerprint density at radius 2 is 0.903 bits per heavy atom. The Bertz CT molecular complexity index is 364. The number of rotatable bonds is 0. The molecule has 0 N–H and O–H groups in total. The smallest absolute Gasteiger partial charge is 0 e. The molecule has 0 aliphatic carbocycles. The van der Waals surface area contributed by atoms with E-state index in [0.717, 1.165) is 45.8 Å². The Morgan fingerprint density at radius 1 is 0.581 bits per heavy atom. The maximum Gasteiger partial charge on any atom is 0 e. The van der Waals surface area contributed by atoms with Crippen LogP contribution in [0.2, 0.25) is 0 Å². The standard InChI is InChI=1S/3C5H10N.C5H6N.2CNS.Cu/c4*1-2-4-6-5-3-1;2*2-1-3;/h3*1-5H2;1-4H,5H2;;;/q6*-1;. The van der Waals surface area contributed by atoms with Crippen molar-refractivity contribution >= 4 is 34.8 Å². The van der Waals surface area contributed by atoms with E-state index < -0.39 is 0 Å². The zero-order chi connectivity index (χ0) is 22.4. The summed E-state index contributed by atoms with van der Waals surface area (Å²) < 4.78 is 0. The molecule has 4 aliphatic rings. The van der Waals surface area contributed by atoms with Gasteiger partial charge in [-0.1, -0.05) is 94.4 Å². The van der Waals surface area contributed by atoms with E-state index in [1.54, 1.807) is 6.20 Å². The van der Waals surface area contributed by atoms with Crippen LogP contribution in [0.5, 0.6) is 0 Å². The Morgan fingerprint density at radius 3 is 0.968 bits per heavy atom. The number of allylic oxidation sites excluding steroid dienone is 2. The second-order valence-corrected chi connectivity index (χ2v) is 6.88. The van der Waals surface area contributed by atoms with E-state index in [9.17, 15) is 0 Å². The van der Waals surface area contributed by atoms with Crippen molar-refractivity contribution < 1.29 is 17.1 Å². The van der Waals surface area contributed by atoms with Gasteiger partial charge in [-0.3, -0.25) is 0 Å². The first-order valence-electron chi connectivity index (χ1n) is 10.7. The number of thiocarbonyl (C=S) groups is 2. The van der Waals surface area contributed by atoms with Crippen LogP contribution in [0.25, 0.3) is 32.1 Å². The normalized spacial score (nSPS) is 17.8. The minimum atomic E-state index is 0. The molecule has 0 spiro atoms. The van der Waals surface area contributed by atoms with Gasteiger partial charge in [-0.25, -0.2) is 0 Å². The van der Waals surface area contributed by atoms with E-state index in [-0.39, 0.29) is 17.1 Å². The molecule has 0 amide bonds. The van der Waals surface area contributed by atoms with Gasteiger partial charge in [0.1, 0.15) is 0 Å². The first kappa shape index (κ1) is 34.9. The molecule has 0 bridgehead atoms. The topological polar surface area (TPSA) is 101 Å². The molecule has 1 radical (unpaired) electrons. The number of hydrogen-bond donors (Lipinski definition) is 0. The predicted octanol–water partition coefficient (Wildman–Crippen LogP) is 7.39. The van der Waals surface area contributed by atoms with Gasteiger partial charge in [0.2, 0.25) is 0 Å². The molecule has 0 unspecified atom stereocenters. The molecule has 3 saturated heterocycles. The summed E-state index contributed by atoms with van der Waals surface area (Å²) in [4.78, 5) is 0. The molecular formula is C22H36CuN6S2-6. The van der Waals surface area contributed by atoms with Crippen molar-refractivity contribution in [1.29, 1.82) is 0 Å². The number of piperidine rings is 3. The molecule has 0 aromatic heterocycles. The van der Waals surface area contributed by atoms with Gasteiger partial charge in [0.25, 0.3) is 0 Å². The van der Waals surface area contributed by atoms with Crippen LogP contribution in [0.1, 0.15) is 57.8 Å². The van der Waals surface area contributed by atoms with Gasteiger partial charge in [-0.2, -0.15) is 16.5 Å². The number of nitrogens with zero attached hydrogens (tertiary/aromatic N) is 6. The molecular weight excluding hydrogens is 476 g/mol. The first-order valence-corrected chi connectivity index (χ1v) is 11.6. The average molecular weight is 512 g/mol. The third-order valence-corrected chi connectivity index (χ3v) is 4.05. The third kappa shape index (κ3) is 40.2. The third-order valence-electron chi connectivity index (χ3n) is 4.05. The fourth-order valence-corrected chi connectivity index (χ4v) is 2.58. The van der Waals surface area contributed by atoms with E-state index in [1.165, 1.54) is 68.1 Å². The molecule has 4 heterocycles. The summed E-state index contributed by atoms with van der Waals surface area (Å²) in [7, 11) is 0. The number of hydrogen-bond acceptors (Lipinski definition) is 2. The summed E-state index contributed by atoms with van der Waals surface area (Å²) in [5.74, 6) is 0.